The molecule has 2 rings (SSSR count). The highest BCUT2D eigenvalue weighted by atomic mass is 32.2. The van der Waals surface area contributed by atoms with E-state index in [0.29, 0.717) is 6.42 Å². The molecule has 3 nitrogen and oxygen atoms in total. The Morgan fingerprint density at radius 2 is 1.65 bits per heavy atom. The summed E-state index contributed by atoms with van der Waals surface area (Å²) in [6.07, 6.45) is 0.598. The van der Waals surface area contributed by atoms with Gasteiger partial charge in [-0.05, 0) is 43.2 Å². The third kappa shape index (κ3) is 3.88. The maximum atomic E-state index is 12.8. The first kappa shape index (κ1) is 14.7. The third-order valence-corrected chi connectivity index (χ3v) is 4.47. The molecule has 1 N–H and O–H groups in total. The Morgan fingerprint density at radius 3 is 2.25 bits per heavy atom. The zero-order chi connectivity index (χ0) is 14.6. The van der Waals surface area contributed by atoms with Gasteiger partial charge < -0.3 is 0 Å². The third-order valence-electron chi connectivity index (χ3n) is 2.86. The van der Waals surface area contributed by atoms with E-state index in [2.05, 4.69) is 4.72 Å². The fourth-order valence-electron chi connectivity index (χ4n) is 1.96. The lowest BCUT2D eigenvalue weighted by molar-refractivity contribution is 0.559. The second kappa shape index (κ2) is 6.15. The normalized spacial score (nSPS) is 13.1. The molecule has 0 saturated heterocycles. The predicted molar refractivity (Wildman–Crippen MR) is 76.3 cm³/mol. The molecule has 0 aliphatic rings. The van der Waals surface area contributed by atoms with E-state index in [9.17, 15) is 12.8 Å². The number of benzene rings is 2. The summed E-state index contributed by atoms with van der Waals surface area (Å²) in [6.45, 7) is 1.80. The van der Waals surface area contributed by atoms with Gasteiger partial charge in [0.2, 0.25) is 10.0 Å². The molecule has 0 heterocycles. The van der Waals surface area contributed by atoms with E-state index in [1.165, 1.54) is 12.1 Å². The number of nitrogens with one attached hydrogen (secondary N) is 1. The minimum Gasteiger partial charge on any atom is -0.208 e. The lowest BCUT2D eigenvalue weighted by Gasteiger charge is -2.14. The molecule has 2 aromatic carbocycles. The molecule has 20 heavy (non-hydrogen) atoms. The first-order valence-corrected chi connectivity index (χ1v) is 7.77. The number of hydrogen-bond donors (Lipinski definition) is 1. The van der Waals surface area contributed by atoms with E-state index in [-0.39, 0.29) is 10.9 Å². The molecule has 0 amide bonds. The van der Waals surface area contributed by atoms with Gasteiger partial charge in [-0.25, -0.2) is 17.5 Å². The van der Waals surface area contributed by atoms with Crippen molar-refractivity contribution in [3.05, 3.63) is 66.0 Å². The zero-order valence-electron chi connectivity index (χ0n) is 11.1. The molecule has 106 valence electrons. The van der Waals surface area contributed by atoms with Gasteiger partial charge in [-0.15, -0.1) is 0 Å². The van der Waals surface area contributed by atoms with E-state index in [1.54, 1.807) is 6.92 Å². The van der Waals surface area contributed by atoms with Crippen molar-refractivity contribution in [1.29, 1.82) is 0 Å². The highest BCUT2D eigenvalue weighted by molar-refractivity contribution is 7.89. The quantitative estimate of drug-likeness (QED) is 0.921. The Hall–Kier alpha value is -1.72. The van der Waals surface area contributed by atoms with Crippen LogP contribution in [-0.4, -0.2) is 14.5 Å². The van der Waals surface area contributed by atoms with Crippen molar-refractivity contribution < 1.29 is 12.8 Å². The van der Waals surface area contributed by atoms with Crippen LogP contribution in [0.2, 0.25) is 0 Å². The molecule has 0 aliphatic carbocycles. The van der Waals surface area contributed by atoms with Crippen molar-refractivity contribution in [2.75, 3.05) is 0 Å². The van der Waals surface area contributed by atoms with Gasteiger partial charge in [-0.2, -0.15) is 0 Å². The summed E-state index contributed by atoms with van der Waals surface area (Å²) in [5.74, 6) is -0.457. The minimum absolute atomic E-state index is 0.0683. The molecule has 0 fully saturated rings. The van der Waals surface area contributed by atoms with Gasteiger partial charge in [0, 0.05) is 6.04 Å². The van der Waals surface area contributed by atoms with Crippen molar-refractivity contribution in [3.8, 4) is 0 Å². The Bertz CT molecular complexity index is 654. The molecule has 0 saturated carbocycles. The Balaban J connectivity index is 2.06. The summed E-state index contributed by atoms with van der Waals surface area (Å²) in [4.78, 5) is 0.0683. The van der Waals surface area contributed by atoms with Crippen LogP contribution in [0.5, 0.6) is 0 Å². The largest absolute Gasteiger partial charge is 0.240 e. The molecule has 0 aromatic heterocycles. The molecule has 0 aliphatic heterocycles. The van der Waals surface area contributed by atoms with Gasteiger partial charge in [0.25, 0.3) is 0 Å². The molecule has 0 bridgehead atoms. The van der Waals surface area contributed by atoms with Crippen LogP contribution < -0.4 is 4.72 Å². The predicted octanol–water partition coefficient (Wildman–Crippen LogP) is 2.74. The van der Waals surface area contributed by atoms with Crippen molar-refractivity contribution in [3.63, 3.8) is 0 Å². The van der Waals surface area contributed by atoms with Crippen LogP contribution in [0.25, 0.3) is 0 Å². The second-order valence-corrected chi connectivity index (χ2v) is 6.38. The highest BCUT2D eigenvalue weighted by Crippen LogP contribution is 2.11. The fourth-order valence-corrected chi connectivity index (χ4v) is 3.20. The zero-order valence-corrected chi connectivity index (χ0v) is 11.9. The van der Waals surface area contributed by atoms with Crippen molar-refractivity contribution in [1.82, 2.24) is 4.72 Å². The first-order valence-electron chi connectivity index (χ1n) is 6.29. The van der Waals surface area contributed by atoms with E-state index in [0.717, 1.165) is 17.7 Å². The maximum absolute atomic E-state index is 12.8. The molecule has 2 aromatic rings. The SMILES string of the molecule is CC(Cc1ccccc1)NS(=O)(=O)c1ccc(F)cc1. The number of halogens is 1. The molecular formula is C15H16FNO2S. The lowest BCUT2D eigenvalue weighted by Crippen LogP contribution is -2.34. The van der Waals surface area contributed by atoms with Crippen molar-refractivity contribution in [2.45, 2.75) is 24.3 Å². The van der Waals surface area contributed by atoms with E-state index in [1.807, 2.05) is 30.3 Å². The summed E-state index contributed by atoms with van der Waals surface area (Å²) in [7, 11) is -3.61. The van der Waals surface area contributed by atoms with Gasteiger partial charge in [-0.3, -0.25) is 0 Å². The second-order valence-electron chi connectivity index (χ2n) is 4.67. The summed E-state index contributed by atoms with van der Waals surface area (Å²) in [6, 6.07) is 14.2. The lowest BCUT2D eigenvalue weighted by atomic mass is 10.1. The monoisotopic (exact) mass is 293 g/mol. The van der Waals surface area contributed by atoms with Crippen LogP contribution in [0, 0.1) is 5.82 Å². The Morgan fingerprint density at radius 1 is 1.05 bits per heavy atom. The molecule has 0 spiro atoms. The van der Waals surface area contributed by atoms with Crippen LogP contribution >= 0.6 is 0 Å². The summed E-state index contributed by atoms with van der Waals surface area (Å²) < 4.78 is 39.6. The number of rotatable bonds is 5. The summed E-state index contributed by atoms with van der Waals surface area (Å²) in [5, 5.41) is 0. The average Bonchev–Trinajstić information content (AvgIpc) is 2.39. The van der Waals surface area contributed by atoms with Gasteiger partial charge in [0.15, 0.2) is 0 Å². The van der Waals surface area contributed by atoms with Crippen LogP contribution in [0.4, 0.5) is 4.39 Å². The van der Waals surface area contributed by atoms with Gasteiger partial charge in [0.05, 0.1) is 4.90 Å². The number of hydrogen-bond acceptors (Lipinski definition) is 2. The van der Waals surface area contributed by atoms with Gasteiger partial charge in [0.1, 0.15) is 5.82 Å². The molecule has 0 radical (unpaired) electrons. The molecule has 5 heteroatoms. The molecule has 1 atom stereocenters. The van der Waals surface area contributed by atoms with E-state index in [4.69, 9.17) is 0 Å². The maximum Gasteiger partial charge on any atom is 0.240 e. The van der Waals surface area contributed by atoms with Gasteiger partial charge >= 0.3 is 0 Å². The van der Waals surface area contributed by atoms with E-state index < -0.39 is 15.8 Å². The molecule has 1 unspecified atom stereocenters. The summed E-state index contributed by atoms with van der Waals surface area (Å²) in [5.41, 5.74) is 1.06. The summed E-state index contributed by atoms with van der Waals surface area (Å²) >= 11 is 0. The van der Waals surface area contributed by atoms with Crippen molar-refractivity contribution >= 4 is 10.0 Å². The van der Waals surface area contributed by atoms with E-state index >= 15 is 0 Å². The molecular weight excluding hydrogens is 277 g/mol. The number of sulfonamides is 1. The van der Waals surface area contributed by atoms with Crippen molar-refractivity contribution in [2.24, 2.45) is 0 Å². The van der Waals surface area contributed by atoms with Crippen LogP contribution in [0.15, 0.2) is 59.5 Å². The standard InChI is InChI=1S/C15H16FNO2S/c1-12(11-13-5-3-2-4-6-13)17-20(18,19)15-9-7-14(16)8-10-15/h2-10,12,17H,11H2,1H3. The fraction of sp³-hybridized carbons (Fsp3) is 0.200. The smallest absolute Gasteiger partial charge is 0.208 e. The van der Waals surface area contributed by atoms with Crippen LogP contribution in [0.1, 0.15) is 12.5 Å². The average molecular weight is 293 g/mol. The minimum atomic E-state index is -3.61. The Kier molecular flexibility index (Phi) is 4.52. The van der Waals surface area contributed by atoms with Gasteiger partial charge in [-0.1, -0.05) is 30.3 Å². The highest BCUT2D eigenvalue weighted by Gasteiger charge is 2.17. The van der Waals surface area contributed by atoms with Crippen LogP contribution in [-0.2, 0) is 16.4 Å². The Labute approximate surface area is 118 Å². The first-order chi connectivity index (χ1) is 9.47. The topological polar surface area (TPSA) is 46.2 Å². The van der Waals surface area contributed by atoms with Crippen LogP contribution in [0.3, 0.4) is 0 Å².